The van der Waals surface area contributed by atoms with Crippen LogP contribution in [0.2, 0.25) is 0 Å². The summed E-state index contributed by atoms with van der Waals surface area (Å²) in [4.78, 5) is 14.9. The Bertz CT molecular complexity index is 627. The molecule has 0 aromatic carbocycles. The summed E-state index contributed by atoms with van der Waals surface area (Å²) >= 11 is 1.67. The van der Waals surface area contributed by atoms with Gasteiger partial charge < -0.3 is 9.42 Å². The van der Waals surface area contributed by atoms with Gasteiger partial charge in [-0.05, 0) is 47.6 Å². The van der Waals surface area contributed by atoms with Gasteiger partial charge in [-0.25, -0.2) is 0 Å². The first-order valence-corrected chi connectivity index (χ1v) is 9.35. The molecule has 0 saturated heterocycles. The number of thiophene rings is 1. The summed E-state index contributed by atoms with van der Waals surface area (Å²) in [5.41, 5.74) is 2.06. The van der Waals surface area contributed by atoms with Crippen molar-refractivity contribution >= 4 is 17.2 Å². The Morgan fingerprint density at radius 1 is 1.43 bits per heavy atom. The number of aromatic nitrogens is 1. The molecule has 1 aliphatic carbocycles. The minimum absolute atomic E-state index is 0.0226. The van der Waals surface area contributed by atoms with E-state index in [1.807, 2.05) is 11.0 Å². The van der Waals surface area contributed by atoms with E-state index >= 15 is 0 Å². The predicted octanol–water partition coefficient (Wildman–Crippen LogP) is 4.52. The topological polar surface area (TPSA) is 46.3 Å². The SMILES string of the molecule is CC(C)Cc1cc(C(=O)N(Cc2ccsc2)C2CCCC2)on1. The number of amides is 1. The quantitative estimate of drug-likeness (QED) is 0.781. The van der Waals surface area contributed by atoms with Crippen molar-refractivity contribution < 1.29 is 9.32 Å². The second kappa shape index (κ2) is 7.30. The number of nitrogens with zero attached hydrogens (tertiary/aromatic N) is 2. The lowest BCUT2D eigenvalue weighted by atomic mass is 10.1. The van der Waals surface area contributed by atoms with Crippen LogP contribution >= 0.6 is 11.3 Å². The number of rotatable bonds is 6. The molecule has 5 heteroatoms. The maximum absolute atomic E-state index is 13.0. The summed E-state index contributed by atoms with van der Waals surface area (Å²) in [5, 5.41) is 8.23. The van der Waals surface area contributed by atoms with E-state index in [0.29, 0.717) is 24.3 Å². The van der Waals surface area contributed by atoms with Crippen molar-refractivity contribution in [2.75, 3.05) is 0 Å². The Hall–Kier alpha value is -1.62. The number of hydrogen-bond acceptors (Lipinski definition) is 4. The average Bonchev–Trinajstić information content (AvgIpc) is 3.25. The average molecular weight is 332 g/mol. The van der Waals surface area contributed by atoms with E-state index in [1.165, 1.54) is 18.4 Å². The van der Waals surface area contributed by atoms with Crippen molar-refractivity contribution in [2.24, 2.45) is 5.92 Å². The summed E-state index contributed by atoms with van der Waals surface area (Å²) in [6.45, 7) is 4.93. The zero-order chi connectivity index (χ0) is 16.2. The van der Waals surface area contributed by atoms with Gasteiger partial charge in [0.1, 0.15) is 0 Å². The Kier molecular flexibility index (Phi) is 5.16. The van der Waals surface area contributed by atoms with E-state index in [9.17, 15) is 4.79 Å². The normalized spacial score (nSPS) is 15.4. The van der Waals surface area contributed by atoms with Gasteiger partial charge in [-0.1, -0.05) is 31.8 Å². The van der Waals surface area contributed by atoms with Gasteiger partial charge in [-0.2, -0.15) is 11.3 Å². The largest absolute Gasteiger partial charge is 0.351 e. The highest BCUT2D eigenvalue weighted by atomic mass is 32.1. The van der Waals surface area contributed by atoms with Gasteiger partial charge in [-0.3, -0.25) is 4.79 Å². The second-order valence-electron chi connectivity index (χ2n) is 6.78. The molecule has 0 unspecified atom stereocenters. The highest BCUT2D eigenvalue weighted by molar-refractivity contribution is 7.07. The maximum atomic E-state index is 13.0. The molecule has 2 aromatic heterocycles. The first-order chi connectivity index (χ1) is 11.1. The molecule has 1 amide bonds. The van der Waals surface area contributed by atoms with E-state index in [4.69, 9.17) is 4.52 Å². The molecule has 0 aliphatic heterocycles. The molecule has 0 atom stereocenters. The van der Waals surface area contributed by atoms with Crippen LogP contribution < -0.4 is 0 Å². The van der Waals surface area contributed by atoms with Crippen LogP contribution in [0.25, 0.3) is 0 Å². The van der Waals surface area contributed by atoms with Crippen LogP contribution in [0.15, 0.2) is 27.4 Å². The summed E-state index contributed by atoms with van der Waals surface area (Å²) in [6.07, 6.45) is 5.41. The highest BCUT2D eigenvalue weighted by Gasteiger charge is 2.29. The van der Waals surface area contributed by atoms with Gasteiger partial charge in [0.05, 0.1) is 5.69 Å². The van der Waals surface area contributed by atoms with Crippen LogP contribution in [0, 0.1) is 5.92 Å². The molecule has 0 spiro atoms. The first kappa shape index (κ1) is 16.2. The number of hydrogen-bond donors (Lipinski definition) is 0. The second-order valence-corrected chi connectivity index (χ2v) is 7.56. The third-order valence-corrected chi connectivity index (χ3v) is 5.08. The standard InChI is InChI=1S/C18H24N2O2S/c1-13(2)9-15-10-17(22-19-15)18(21)20(16-5-3-4-6-16)11-14-7-8-23-12-14/h7-8,10,12-13,16H,3-6,9,11H2,1-2H3. The minimum Gasteiger partial charge on any atom is -0.351 e. The van der Waals surface area contributed by atoms with Gasteiger partial charge in [0.2, 0.25) is 5.76 Å². The Morgan fingerprint density at radius 3 is 2.87 bits per heavy atom. The third-order valence-electron chi connectivity index (χ3n) is 4.35. The number of carbonyl (C=O) groups is 1. The fourth-order valence-electron chi connectivity index (χ4n) is 3.23. The molecule has 2 heterocycles. The molecule has 3 rings (SSSR count). The van der Waals surface area contributed by atoms with Crippen LogP contribution in [-0.4, -0.2) is 22.0 Å². The monoisotopic (exact) mass is 332 g/mol. The van der Waals surface area contributed by atoms with E-state index < -0.39 is 0 Å². The maximum Gasteiger partial charge on any atom is 0.293 e. The summed E-state index contributed by atoms with van der Waals surface area (Å²) in [6, 6.07) is 4.23. The molecule has 0 N–H and O–H groups in total. The Labute approximate surface area is 141 Å². The lowest BCUT2D eigenvalue weighted by molar-refractivity contribution is 0.0622. The molecule has 1 aliphatic rings. The van der Waals surface area contributed by atoms with Gasteiger partial charge in [-0.15, -0.1) is 0 Å². The molecule has 1 saturated carbocycles. The smallest absolute Gasteiger partial charge is 0.293 e. The fourth-order valence-corrected chi connectivity index (χ4v) is 3.89. The lowest BCUT2D eigenvalue weighted by Gasteiger charge is -2.27. The molecule has 0 bridgehead atoms. The molecule has 2 aromatic rings. The van der Waals surface area contributed by atoms with Crippen LogP contribution in [0.4, 0.5) is 0 Å². The highest BCUT2D eigenvalue weighted by Crippen LogP contribution is 2.27. The fraction of sp³-hybridized carbons (Fsp3) is 0.556. The van der Waals surface area contributed by atoms with Crippen molar-refractivity contribution in [1.82, 2.24) is 10.1 Å². The first-order valence-electron chi connectivity index (χ1n) is 8.41. The lowest BCUT2D eigenvalue weighted by Crippen LogP contribution is -2.38. The van der Waals surface area contributed by atoms with E-state index in [2.05, 4.69) is 35.8 Å². The molecular formula is C18H24N2O2S. The van der Waals surface area contributed by atoms with Crippen LogP contribution in [0.3, 0.4) is 0 Å². The van der Waals surface area contributed by atoms with Crippen molar-refractivity contribution in [3.8, 4) is 0 Å². The Morgan fingerprint density at radius 2 is 2.22 bits per heavy atom. The summed E-state index contributed by atoms with van der Waals surface area (Å²) < 4.78 is 5.35. The van der Waals surface area contributed by atoms with Crippen molar-refractivity contribution in [1.29, 1.82) is 0 Å². The minimum atomic E-state index is -0.0226. The molecule has 0 radical (unpaired) electrons. The van der Waals surface area contributed by atoms with E-state index in [-0.39, 0.29) is 5.91 Å². The third kappa shape index (κ3) is 4.02. The zero-order valence-electron chi connectivity index (χ0n) is 13.8. The van der Waals surface area contributed by atoms with Crippen molar-refractivity contribution in [3.05, 3.63) is 39.9 Å². The summed E-state index contributed by atoms with van der Waals surface area (Å²) in [5.74, 6) is 0.855. The predicted molar refractivity (Wildman–Crippen MR) is 91.5 cm³/mol. The Balaban J connectivity index is 1.77. The van der Waals surface area contributed by atoms with Crippen LogP contribution in [-0.2, 0) is 13.0 Å². The van der Waals surface area contributed by atoms with Gasteiger partial charge in [0, 0.05) is 18.7 Å². The van der Waals surface area contributed by atoms with E-state index in [0.717, 1.165) is 25.0 Å². The van der Waals surface area contributed by atoms with Gasteiger partial charge in [0.25, 0.3) is 5.91 Å². The molecule has 4 nitrogen and oxygen atoms in total. The molecule has 124 valence electrons. The van der Waals surface area contributed by atoms with E-state index in [1.54, 1.807) is 11.3 Å². The molecule has 23 heavy (non-hydrogen) atoms. The molecule has 1 fully saturated rings. The number of carbonyl (C=O) groups excluding carboxylic acids is 1. The van der Waals surface area contributed by atoms with Gasteiger partial charge in [0.15, 0.2) is 0 Å². The zero-order valence-corrected chi connectivity index (χ0v) is 14.6. The van der Waals surface area contributed by atoms with Crippen molar-refractivity contribution in [2.45, 2.75) is 58.5 Å². The van der Waals surface area contributed by atoms with Crippen LogP contribution in [0.5, 0.6) is 0 Å². The molecular weight excluding hydrogens is 308 g/mol. The van der Waals surface area contributed by atoms with Gasteiger partial charge >= 0.3 is 0 Å². The van der Waals surface area contributed by atoms with Crippen LogP contribution in [0.1, 0.15) is 61.3 Å². The van der Waals surface area contributed by atoms with Crippen molar-refractivity contribution in [3.63, 3.8) is 0 Å². The summed E-state index contributed by atoms with van der Waals surface area (Å²) in [7, 11) is 0.